The topological polar surface area (TPSA) is 70.8 Å². The molecule has 1 saturated heterocycles. The lowest BCUT2D eigenvalue weighted by Gasteiger charge is -2.43. The van der Waals surface area contributed by atoms with Gasteiger partial charge in [-0.2, -0.15) is 0 Å². The van der Waals surface area contributed by atoms with E-state index in [9.17, 15) is 4.79 Å². The monoisotopic (exact) mass is 338 g/mol. The number of amides is 1. The molecular formula is C17H30N4O3. The number of aromatic nitrogens is 1. The molecule has 0 bridgehead atoms. The zero-order valence-corrected chi connectivity index (χ0v) is 15.2. The van der Waals surface area contributed by atoms with Crippen LogP contribution >= 0.6 is 0 Å². The minimum absolute atomic E-state index is 0.0408. The fourth-order valence-electron chi connectivity index (χ4n) is 3.10. The number of ether oxygens (including phenoxy) is 1. The number of hydrogen-bond donors (Lipinski definition) is 1. The minimum Gasteiger partial charge on any atom is -0.380 e. The molecule has 0 radical (unpaired) electrons. The largest absolute Gasteiger partial charge is 0.380 e. The summed E-state index contributed by atoms with van der Waals surface area (Å²) in [6.45, 7) is 13.2. The molecule has 2 rings (SSSR count). The summed E-state index contributed by atoms with van der Waals surface area (Å²) >= 11 is 0. The number of hydrogen-bond acceptors (Lipinski definition) is 6. The SMILES string of the molecule is CCOCCN1CCN([C@@H](C)C(=O)Nc2cc(C)on2)C[C@@H]1CC. The second-order valence-electron chi connectivity index (χ2n) is 6.28. The van der Waals surface area contributed by atoms with E-state index in [-0.39, 0.29) is 11.9 Å². The van der Waals surface area contributed by atoms with Gasteiger partial charge in [0.2, 0.25) is 5.91 Å². The Labute approximate surface area is 144 Å². The molecule has 1 aliphatic heterocycles. The first-order chi connectivity index (χ1) is 11.5. The zero-order valence-electron chi connectivity index (χ0n) is 15.2. The number of nitrogens with one attached hydrogen (secondary N) is 1. The lowest BCUT2D eigenvalue weighted by molar-refractivity contribution is -0.122. The molecule has 1 aliphatic rings. The summed E-state index contributed by atoms with van der Waals surface area (Å²) in [5.74, 6) is 1.12. The van der Waals surface area contributed by atoms with Gasteiger partial charge in [-0.3, -0.25) is 14.6 Å². The van der Waals surface area contributed by atoms with Crippen LogP contribution in [-0.2, 0) is 9.53 Å². The van der Waals surface area contributed by atoms with Gasteiger partial charge in [0.05, 0.1) is 12.6 Å². The highest BCUT2D eigenvalue weighted by atomic mass is 16.5. The highest BCUT2D eigenvalue weighted by Gasteiger charge is 2.30. The molecule has 7 heteroatoms. The number of aryl methyl sites for hydroxylation is 1. The van der Waals surface area contributed by atoms with E-state index >= 15 is 0 Å². The van der Waals surface area contributed by atoms with Crippen molar-refractivity contribution in [3.8, 4) is 0 Å². The van der Waals surface area contributed by atoms with Crippen molar-refractivity contribution in [1.82, 2.24) is 15.0 Å². The smallest absolute Gasteiger partial charge is 0.242 e. The van der Waals surface area contributed by atoms with Crippen molar-refractivity contribution in [2.24, 2.45) is 0 Å². The highest BCUT2D eigenvalue weighted by molar-refractivity contribution is 5.93. The molecule has 1 N–H and O–H groups in total. The van der Waals surface area contributed by atoms with E-state index in [1.165, 1.54) is 0 Å². The molecule has 0 spiro atoms. The van der Waals surface area contributed by atoms with Crippen LogP contribution in [0.25, 0.3) is 0 Å². The van der Waals surface area contributed by atoms with Crippen LogP contribution in [0.2, 0.25) is 0 Å². The fourth-order valence-corrected chi connectivity index (χ4v) is 3.10. The summed E-state index contributed by atoms with van der Waals surface area (Å²) < 4.78 is 10.5. The van der Waals surface area contributed by atoms with Gasteiger partial charge in [-0.15, -0.1) is 0 Å². The van der Waals surface area contributed by atoms with Gasteiger partial charge in [-0.05, 0) is 27.2 Å². The molecule has 0 aromatic carbocycles. The highest BCUT2D eigenvalue weighted by Crippen LogP contribution is 2.16. The van der Waals surface area contributed by atoms with E-state index < -0.39 is 0 Å². The van der Waals surface area contributed by atoms with Crippen LogP contribution in [0.5, 0.6) is 0 Å². The maximum absolute atomic E-state index is 12.4. The van der Waals surface area contributed by atoms with Gasteiger partial charge in [0, 0.05) is 44.9 Å². The molecule has 24 heavy (non-hydrogen) atoms. The second kappa shape index (κ2) is 9.15. The third kappa shape index (κ3) is 5.03. The fraction of sp³-hybridized carbons (Fsp3) is 0.765. The Morgan fingerprint density at radius 3 is 2.92 bits per heavy atom. The number of nitrogens with zero attached hydrogens (tertiary/aromatic N) is 3. The summed E-state index contributed by atoms with van der Waals surface area (Å²) in [5, 5.41) is 6.65. The summed E-state index contributed by atoms with van der Waals surface area (Å²) in [6, 6.07) is 2.00. The van der Waals surface area contributed by atoms with Gasteiger partial charge in [0.25, 0.3) is 0 Å². The lowest BCUT2D eigenvalue weighted by Crippen LogP contribution is -2.57. The van der Waals surface area contributed by atoms with Crippen molar-refractivity contribution in [1.29, 1.82) is 0 Å². The van der Waals surface area contributed by atoms with E-state index in [1.807, 2.05) is 13.8 Å². The third-order valence-corrected chi connectivity index (χ3v) is 4.64. The van der Waals surface area contributed by atoms with Crippen LogP contribution in [0.4, 0.5) is 5.82 Å². The molecule has 7 nitrogen and oxygen atoms in total. The molecule has 0 unspecified atom stereocenters. The number of piperazine rings is 1. The first kappa shape index (κ1) is 18.9. The minimum atomic E-state index is -0.190. The number of carbonyl (C=O) groups excluding carboxylic acids is 1. The molecule has 1 aromatic rings. The number of carbonyl (C=O) groups is 1. The van der Waals surface area contributed by atoms with Crippen LogP contribution in [0.15, 0.2) is 10.6 Å². The van der Waals surface area contributed by atoms with Crippen molar-refractivity contribution in [3.05, 3.63) is 11.8 Å². The molecule has 2 heterocycles. The van der Waals surface area contributed by atoms with E-state index in [0.29, 0.717) is 17.6 Å². The predicted octanol–water partition coefficient (Wildman–Crippen LogP) is 1.74. The molecule has 1 fully saturated rings. The maximum Gasteiger partial charge on any atom is 0.242 e. The molecule has 0 saturated carbocycles. The maximum atomic E-state index is 12.4. The summed E-state index contributed by atoms with van der Waals surface area (Å²) in [4.78, 5) is 17.2. The van der Waals surface area contributed by atoms with E-state index in [1.54, 1.807) is 13.0 Å². The van der Waals surface area contributed by atoms with Gasteiger partial charge >= 0.3 is 0 Å². The quantitative estimate of drug-likeness (QED) is 0.728. The van der Waals surface area contributed by atoms with Gasteiger partial charge in [0.15, 0.2) is 5.82 Å². The normalized spacial score (nSPS) is 20.9. The molecule has 1 aromatic heterocycles. The first-order valence-electron chi connectivity index (χ1n) is 8.85. The summed E-state index contributed by atoms with van der Waals surface area (Å²) in [7, 11) is 0. The Morgan fingerprint density at radius 2 is 2.29 bits per heavy atom. The van der Waals surface area contributed by atoms with Crippen LogP contribution in [-0.4, -0.2) is 72.3 Å². The van der Waals surface area contributed by atoms with Gasteiger partial charge < -0.3 is 14.6 Å². The standard InChI is InChI=1S/C17H30N4O3/c1-5-15-12-21(8-7-20(15)9-10-23-6-2)14(4)17(22)18-16-11-13(3)24-19-16/h11,14-15H,5-10,12H2,1-4H3,(H,18,19,22)/t14-,15-/m0/s1. The second-order valence-corrected chi connectivity index (χ2v) is 6.28. The summed E-state index contributed by atoms with van der Waals surface area (Å²) in [6.07, 6.45) is 1.07. The van der Waals surface area contributed by atoms with E-state index in [4.69, 9.17) is 9.26 Å². The van der Waals surface area contributed by atoms with Crippen molar-refractivity contribution in [3.63, 3.8) is 0 Å². The van der Waals surface area contributed by atoms with Gasteiger partial charge in [-0.1, -0.05) is 12.1 Å². The van der Waals surface area contributed by atoms with Crippen LogP contribution in [0.1, 0.15) is 33.0 Å². The molecule has 2 atom stereocenters. The zero-order chi connectivity index (χ0) is 17.5. The Bertz CT molecular complexity index is 520. The molecule has 0 aliphatic carbocycles. The van der Waals surface area contributed by atoms with Crippen molar-refractivity contribution in [2.45, 2.75) is 46.2 Å². The van der Waals surface area contributed by atoms with E-state index in [2.05, 4.69) is 27.2 Å². The Morgan fingerprint density at radius 1 is 1.50 bits per heavy atom. The van der Waals surface area contributed by atoms with Gasteiger partial charge in [0.1, 0.15) is 5.76 Å². The average Bonchev–Trinajstić information content (AvgIpc) is 2.99. The number of rotatable bonds is 8. The van der Waals surface area contributed by atoms with Crippen LogP contribution in [0, 0.1) is 6.92 Å². The van der Waals surface area contributed by atoms with Crippen molar-refractivity contribution >= 4 is 11.7 Å². The van der Waals surface area contributed by atoms with Crippen LogP contribution < -0.4 is 5.32 Å². The first-order valence-corrected chi connectivity index (χ1v) is 8.85. The van der Waals surface area contributed by atoms with Crippen molar-refractivity contribution in [2.75, 3.05) is 44.7 Å². The Hall–Kier alpha value is -1.44. The number of anilines is 1. The van der Waals surface area contributed by atoms with Gasteiger partial charge in [-0.25, -0.2) is 0 Å². The Kier molecular flexibility index (Phi) is 7.20. The van der Waals surface area contributed by atoms with Crippen molar-refractivity contribution < 1.29 is 14.1 Å². The predicted molar refractivity (Wildman–Crippen MR) is 93.0 cm³/mol. The van der Waals surface area contributed by atoms with E-state index in [0.717, 1.165) is 45.8 Å². The molecular weight excluding hydrogens is 308 g/mol. The van der Waals surface area contributed by atoms with Crippen LogP contribution in [0.3, 0.4) is 0 Å². The molecule has 136 valence electrons. The summed E-state index contributed by atoms with van der Waals surface area (Å²) in [5.41, 5.74) is 0. The average molecular weight is 338 g/mol. The Balaban J connectivity index is 1.86. The third-order valence-electron chi connectivity index (χ3n) is 4.64. The lowest BCUT2D eigenvalue weighted by atomic mass is 10.1. The molecule has 1 amide bonds.